The summed E-state index contributed by atoms with van der Waals surface area (Å²) in [4.78, 5) is 24.5. The monoisotopic (exact) mass is 383 g/mol. The lowest BCUT2D eigenvalue weighted by Gasteiger charge is -2.17. The van der Waals surface area contributed by atoms with E-state index in [0.717, 1.165) is 23.8 Å². The molecule has 0 radical (unpaired) electrons. The standard InChI is InChI=1S/C22H19F2NO3/c1-2-3-11-28-22(27)20(14-17-12-18(23)15-19(24)13-17)25-21(26)10-9-16-7-5-4-6-8-16/h1,4-10,12-13,15,20H,3,11,14H2,(H,25,26)/b10-9+/t20-/m0/s1. The summed E-state index contributed by atoms with van der Waals surface area (Å²) in [6.07, 6.45) is 8.05. The Morgan fingerprint density at radius 1 is 1.14 bits per heavy atom. The lowest BCUT2D eigenvalue weighted by molar-refractivity contribution is -0.147. The van der Waals surface area contributed by atoms with Crippen molar-refractivity contribution in [3.63, 3.8) is 0 Å². The first-order chi connectivity index (χ1) is 13.5. The number of terminal acetylenes is 1. The topological polar surface area (TPSA) is 55.4 Å². The highest BCUT2D eigenvalue weighted by Crippen LogP contribution is 2.11. The highest BCUT2D eigenvalue weighted by molar-refractivity contribution is 5.94. The van der Waals surface area contributed by atoms with E-state index in [1.54, 1.807) is 6.08 Å². The van der Waals surface area contributed by atoms with Crippen LogP contribution < -0.4 is 5.32 Å². The van der Waals surface area contributed by atoms with Gasteiger partial charge < -0.3 is 10.1 Å². The van der Waals surface area contributed by atoms with Gasteiger partial charge in [0.1, 0.15) is 24.3 Å². The summed E-state index contributed by atoms with van der Waals surface area (Å²) in [5, 5.41) is 2.50. The summed E-state index contributed by atoms with van der Waals surface area (Å²) >= 11 is 0. The predicted octanol–water partition coefficient (Wildman–Crippen LogP) is 3.27. The van der Waals surface area contributed by atoms with Crippen molar-refractivity contribution in [2.24, 2.45) is 0 Å². The minimum absolute atomic E-state index is 0.0148. The Balaban J connectivity index is 2.10. The van der Waals surface area contributed by atoms with Gasteiger partial charge in [0.15, 0.2) is 0 Å². The number of benzene rings is 2. The second kappa shape index (κ2) is 10.6. The highest BCUT2D eigenvalue weighted by atomic mass is 19.1. The fourth-order valence-electron chi connectivity index (χ4n) is 2.42. The zero-order valence-corrected chi connectivity index (χ0v) is 15.0. The maximum absolute atomic E-state index is 13.4. The van der Waals surface area contributed by atoms with Crippen molar-refractivity contribution in [1.29, 1.82) is 0 Å². The summed E-state index contributed by atoms with van der Waals surface area (Å²) in [6.45, 7) is -0.0148. The molecule has 28 heavy (non-hydrogen) atoms. The maximum atomic E-state index is 13.4. The SMILES string of the molecule is C#CCCOC(=O)[C@H](Cc1cc(F)cc(F)c1)NC(=O)/C=C/c1ccccc1. The van der Waals surface area contributed by atoms with Gasteiger partial charge in [0.25, 0.3) is 0 Å². The number of esters is 1. The van der Waals surface area contributed by atoms with Crippen LogP contribution in [0.15, 0.2) is 54.6 Å². The molecule has 6 heteroatoms. The maximum Gasteiger partial charge on any atom is 0.329 e. The Labute approximate surface area is 162 Å². The molecule has 0 saturated carbocycles. The normalized spacial score (nSPS) is 11.6. The van der Waals surface area contributed by atoms with Crippen LogP contribution in [-0.2, 0) is 20.7 Å². The second-order valence-corrected chi connectivity index (χ2v) is 5.91. The van der Waals surface area contributed by atoms with Gasteiger partial charge in [-0.25, -0.2) is 13.6 Å². The van der Waals surface area contributed by atoms with Gasteiger partial charge >= 0.3 is 5.97 Å². The Hall–Kier alpha value is -3.46. The van der Waals surface area contributed by atoms with Gasteiger partial charge in [-0.05, 0) is 29.3 Å². The van der Waals surface area contributed by atoms with Crippen molar-refractivity contribution in [3.8, 4) is 12.3 Å². The first kappa shape index (κ1) is 20.8. The molecule has 0 aliphatic heterocycles. The summed E-state index contributed by atoms with van der Waals surface area (Å²) in [6, 6.07) is 10.9. The minimum atomic E-state index is -1.12. The third kappa shape index (κ3) is 7.04. The van der Waals surface area contributed by atoms with Crippen molar-refractivity contribution < 1.29 is 23.1 Å². The Bertz CT molecular complexity index is 868. The van der Waals surface area contributed by atoms with Crippen LogP contribution in [0.3, 0.4) is 0 Å². The van der Waals surface area contributed by atoms with E-state index in [-0.39, 0.29) is 25.0 Å². The van der Waals surface area contributed by atoms with Crippen LogP contribution in [0.5, 0.6) is 0 Å². The molecule has 0 saturated heterocycles. The number of hydrogen-bond donors (Lipinski definition) is 1. The molecule has 0 aromatic heterocycles. The average Bonchev–Trinajstić information content (AvgIpc) is 2.66. The Kier molecular flexibility index (Phi) is 7.92. The van der Waals surface area contributed by atoms with E-state index in [2.05, 4.69) is 11.2 Å². The third-order valence-electron chi connectivity index (χ3n) is 3.68. The Morgan fingerprint density at radius 2 is 1.82 bits per heavy atom. The molecule has 0 heterocycles. The van der Waals surface area contributed by atoms with Gasteiger partial charge in [0.2, 0.25) is 5.91 Å². The molecule has 1 atom stereocenters. The minimum Gasteiger partial charge on any atom is -0.463 e. The number of halogens is 2. The molecule has 4 nitrogen and oxygen atoms in total. The van der Waals surface area contributed by atoms with E-state index in [4.69, 9.17) is 11.2 Å². The summed E-state index contributed by atoms with van der Waals surface area (Å²) in [7, 11) is 0. The Morgan fingerprint density at radius 3 is 2.46 bits per heavy atom. The van der Waals surface area contributed by atoms with Crippen molar-refractivity contribution in [3.05, 3.63) is 77.4 Å². The van der Waals surface area contributed by atoms with Crippen LogP contribution in [0.2, 0.25) is 0 Å². The number of hydrogen-bond acceptors (Lipinski definition) is 3. The van der Waals surface area contributed by atoms with Crippen LogP contribution in [0.25, 0.3) is 6.08 Å². The summed E-state index contributed by atoms with van der Waals surface area (Å²) in [5.74, 6) is -0.493. The van der Waals surface area contributed by atoms with Crippen LogP contribution in [0, 0.1) is 24.0 Å². The zero-order valence-electron chi connectivity index (χ0n) is 15.0. The third-order valence-corrected chi connectivity index (χ3v) is 3.68. The van der Waals surface area contributed by atoms with Crippen molar-refractivity contribution in [2.75, 3.05) is 6.61 Å². The van der Waals surface area contributed by atoms with Crippen molar-refractivity contribution in [1.82, 2.24) is 5.32 Å². The van der Waals surface area contributed by atoms with Gasteiger partial charge in [-0.3, -0.25) is 4.79 Å². The molecule has 0 spiro atoms. The first-order valence-electron chi connectivity index (χ1n) is 8.56. The van der Waals surface area contributed by atoms with Gasteiger partial charge in [-0.1, -0.05) is 30.3 Å². The molecule has 1 amide bonds. The van der Waals surface area contributed by atoms with E-state index in [0.29, 0.717) is 0 Å². The molecule has 144 valence electrons. The summed E-state index contributed by atoms with van der Waals surface area (Å²) < 4.78 is 31.9. The largest absolute Gasteiger partial charge is 0.463 e. The van der Waals surface area contributed by atoms with Crippen molar-refractivity contribution in [2.45, 2.75) is 18.9 Å². The first-order valence-corrected chi connectivity index (χ1v) is 8.56. The smallest absolute Gasteiger partial charge is 0.329 e. The van der Waals surface area contributed by atoms with Crippen LogP contribution in [0.4, 0.5) is 8.78 Å². The predicted molar refractivity (Wildman–Crippen MR) is 102 cm³/mol. The van der Waals surface area contributed by atoms with Gasteiger partial charge in [-0.2, -0.15) is 0 Å². The highest BCUT2D eigenvalue weighted by Gasteiger charge is 2.22. The molecule has 2 rings (SSSR count). The molecule has 1 N–H and O–H groups in total. The number of rotatable bonds is 8. The number of nitrogens with one attached hydrogen (secondary N) is 1. The molecule has 0 bridgehead atoms. The molecule has 2 aromatic rings. The molecular weight excluding hydrogens is 364 g/mol. The van der Waals surface area contributed by atoms with E-state index in [1.807, 2.05) is 30.3 Å². The van der Waals surface area contributed by atoms with Crippen LogP contribution in [0.1, 0.15) is 17.5 Å². The van der Waals surface area contributed by atoms with E-state index < -0.39 is 29.6 Å². The van der Waals surface area contributed by atoms with Gasteiger partial charge in [0.05, 0.1) is 0 Å². The van der Waals surface area contributed by atoms with E-state index in [9.17, 15) is 18.4 Å². The summed E-state index contributed by atoms with van der Waals surface area (Å²) in [5.41, 5.74) is 1.02. The number of carbonyl (C=O) groups excluding carboxylic acids is 2. The molecule has 0 aliphatic carbocycles. The van der Waals surface area contributed by atoms with E-state index >= 15 is 0 Å². The molecule has 0 unspecified atom stereocenters. The molecular formula is C22H19F2NO3. The zero-order chi connectivity index (χ0) is 20.4. The lowest BCUT2D eigenvalue weighted by Crippen LogP contribution is -2.42. The quantitative estimate of drug-likeness (QED) is 0.329. The van der Waals surface area contributed by atoms with Crippen LogP contribution in [-0.4, -0.2) is 24.5 Å². The molecule has 0 fully saturated rings. The van der Waals surface area contributed by atoms with Crippen molar-refractivity contribution >= 4 is 18.0 Å². The number of ether oxygens (including phenoxy) is 1. The fourth-order valence-corrected chi connectivity index (χ4v) is 2.42. The second-order valence-electron chi connectivity index (χ2n) is 5.91. The van der Waals surface area contributed by atoms with Gasteiger partial charge in [0, 0.05) is 25.0 Å². The molecule has 2 aromatic carbocycles. The number of amides is 1. The average molecular weight is 383 g/mol. The van der Waals surface area contributed by atoms with E-state index in [1.165, 1.54) is 6.08 Å². The van der Waals surface area contributed by atoms with Crippen LogP contribution >= 0.6 is 0 Å². The fraction of sp³-hybridized carbons (Fsp3) is 0.182. The van der Waals surface area contributed by atoms with Gasteiger partial charge in [-0.15, -0.1) is 12.3 Å². The number of carbonyl (C=O) groups is 2. The molecule has 0 aliphatic rings. The lowest BCUT2D eigenvalue weighted by atomic mass is 10.1.